The van der Waals surface area contributed by atoms with Crippen molar-refractivity contribution in [3.63, 3.8) is 0 Å². The SMILES string of the molecule is O=C1CN(S(=O)(=O)c2ccc(Cl)cc2F)C(C(=O)O)CN1. The maximum atomic E-state index is 13.8. The molecule has 10 heteroatoms. The molecule has 1 atom stereocenters. The average Bonchev–Trinajstić information content (AvgIpc) is 2.37. The summed E-state index contributed by atoms with van der Waals surface area (Å²) in [5.41, 5.74) is 0. The predicted molar refractivity (Wildman–Crippen MR) is 69.7 cm³/mol. The third kappa shape index (κ3) is 2.99. The van der Waals surface area contributed by atoms with E-state index >= 15 is 0 Å². The number of aliphatic carboxylic acids is 1. The zero-order chi connectivity index (χ0) is 15.8. The fourth-order valence-corrected chi connectivity index (χ4v) is 3.64. The molecule has 114 valence electrons. The molecular formula is C11H10ClFN2O5S. The van der Waals surface area contributed by atoms with E-state index in [9.17, 15) is 22.4 Å². The number of benzene rings is 1. The molecule has 1 saturated heterocycles. The largest absolute Gasteiger partial charge is 0.480 e. The van der Waals surface area contributed by atoms with Crippen LogP contribution in [0.1, 0.15) is 0 Å². The second-order valence-electron chi connectivity index (χ2n) is 4.28. The summed E-state index contributed by atoms with van der Waals surface area (Å²) in [7, 11) is -4.48. The summed E-state index contributed by atoms with van der Waals surface area (Å²) >= 11 is 5.55. The van der Waals surface area contributed by atoms with Crippen LogP contribution in [-0.4, -0.2) is 48.8 Å². The number of nitrogens with zero attached hydrogens (tertiary/aromatic N) is 1. The molecule has 1 aromatic rings. The van der Waals surface area contributed by atoms with Gasteiger partial charge in [-0.2, -0.15) is 4.31 Å². The van der Waals surface area contributed by atoms with Crippen LogP contribution in [-0.2, 0) is 19.6 Å². The molecule has 21 heavy (non-hydrogen) atoms. The van der Waals surface area contributed by atoms with Crippen molar-refractivity contribution in [3.05, 3.63) is 29.0 Å². The zero-order valence-electron chi connectivity index (χ0n) is 10.4. The Balaban J connectivity index is 2.49. The quantitative estimate of drug-likeness (QED) is 0.812. The number of sulfonamides is 1. The number of nitrogens with one attached hydrogen (secondary N) is 1. The first-order valence-corrected chi connectivity index (χ1v) is 7.51. The second-order valence-corrected chi connectivity index (χ2v) is 6.58. The first kappa shape index (κ1) is 15.7. The van der Waals surface area contributed by atoms with Gasteiger partial charge in [-0.1, -0.05) is 11.6 Å². The van der Waals surface area contributed by atoms with Crippen LogP contribution < -0.4 is 5.32 Å². The highest BCUT2D eigenvalue weighted by molar-refractivity contribution is 7.89. The van der Waals surface area contributed by atoms with Crippen LogP contribution in [0, 0.1) is 5.82 Å². The van der Waals surface area contributed by atoms with Crippen molar-refractivity contribution in [2.45, 2.75) is 10.9 Å². The number of halogens is 2. The van der Waals surface area contributed by atoms with Crippen LogP contribution in [0.15, 0.2) is 23.1 Å². The van der Waals surface area contributed by atoms with E-state index in [1.54, 1.807) is 0 Å². The van der Waals surface area contributed by atoms with Crippen molar-refractivity contribution in [1.82, 2.24) is 9.62 Å². The third-order valence-corrected chi connectivity index (χ3v) is 5.03. The molecule has 0 radical (unpaired) electrons. The summed E-state index contributed by atoms with van der Waals surface area (Å²) in [4.78, 5) is 21.7. The van der Waals surface area contributed by atoms with Gasteiger partial charge in [0.1, 0.15) is 16.8 Å². The number of carboxylic acid groups (broad SMARTS) is 1. The molecule has 1 heterocycles. The average molecular weight is 337 g/mol. The highest BCUT2D eigenvalue weighted by Gasteiger charge is 2.41. The van der Waals surface area contributed by atoms with Crippen molar-refractivity contribution >= 4 is 33.5 Å². The summed E-state index contributed by atoms with van der Waals surface area (Å²) in [6.45, 7) is -1.08. The van der Waals surface area contributed by atoms with Crippen molar-refractivity contribution in [1.29, 1.82) is 0 Å². The minimum Gasteiger partial charge on any atom is -0.480 e. The van der Waals surface area contributed by atoms with Gasteiger partial charge in [-0.05, 0) is 18.2 Å². The number of hydrogen-bond donors (Lipinski definition) is 2. The van der Waals surface area contributed by atoms with Gasteiger partial charge < -0.3 is 10.4 Å². The molecule has 0 aliphatic carbocycles. The molecular weight excluding hydrogens is 327 g/mol. The normalized spacial score (nSPS) is 20.1. The fourth-order valence-electron chi connectivity index (χ4n) is 1.89. The van der Waals surface area contributed by atoms with Crippen LogP contribution >= 0.6 is 11.6 Å². The second kappa shape index (κ2) is 5.58. The number of carboxylic acids is 1. The summed E-state index contributed by atoms with van der Waals surface area (Å²) in [6, 6.07) is 1.40. The molecule has 1 unspecified atom stereocenters. The number of carbonyl (C=O) groups excluding carboxylic acids is 1. The Kier molecular flexibility index (Phi) is 4.17. The maximum Gasteiger partial charge on any atom is 0.323 e. The van der Waals surface area contributed by atoms with E-state index < -0.39 is 45.2 Å². The van der Waals surface area contributed by atoms with Gasteiger partial charge in [0.2, 0.25) is 15.9 Å². The Morgan fingerprint density at radius 3 is 2.71 bits per heavy atom. The van der Waals surface area contributed by atoms with E-state index in [1.807, 2.05) is 0 Å². The molecule has 0 aromatic heterocycles. The lowest BCUT2D eigenvalue weighted by Gasteiger charge is -2.31. The lowest BCUT2D eigenvalue weighted by molar-refractivity contribution is -0.143. The molecule has 1 aromatic carbocycles. The van der Waals surface area contributed by atoms with E-state index in [2.05, 4.69) is 5.32 Å². The monoisotopic (exact) mass is 336 g/mol. The van der Waals surface area contributed by atoms with Gasteiger partial charge in [-0.25, -0.2) is 12.8 Å². The van der Waals surface area contributed by atoms with Crippen molar-refractivity contribution in [2.24, 2.45) is 0 Å². The summed E-state index contributed by atoms with van der Waals surface area (Å²) in [5.74, 6) is -3.21. The molecule has 1 aliphatic heterocycles. The Morgan fingerprint density at radius 2 is 2.14 bits per heavy atom. The van der Waals surface area contributed by atoms with E-state index in [4.69, 9.17) is 16.7 Å². The number of rotatable bonds is 3. The van der Waals surface area contributed by atoms with Gasteiger partial charge in [-0.15, -0.1) is 0 Å². The molecule has 7 nitrogen and oxygen atoms in total. The standard InChI is InChI=1S/C11H10ClFN2O5S/c12-6-1-2-9(7(13)3-6)21(19,20)15-5-10(16)14-4-8(15)11(17)18/h1-3,8H,4-5H2,(H,14,16)(H,17,18). The number of piperazine rings is 1. The summed E-state index contributed by atoms with van der Waals surface area (Å²) < 4.78 is 39.0. The Morgan fingerprint density at radius 1 is 1.48 bits per heavy atom. The minimum absolute atomic E-state index is 0.00220. The van der Waals surface area contributed by atoms with Gasteiger partial charge in [0.25, 0.3) is 0 Å². The summed E-state index contributed by atoms with van der Waals surface area (Å²) in [6.07, 6.45) is 0. The third-order valence-electron chi connectivity index (χ3n) is 2.91. The molecule has 1 aliphatic rings. The molecule has 1 amide bonds. The zero-order valence-corrected chi connectivity index (χ0v) is 12.0. The van der Waals surface area contributed by atoms with Crippen molar-refractivity contribution < 1.29 is 27.5 Å². The van der Waals surface area contributed by atoms with Gasteiger partial charge in [0.15, 0.2) is 0 Å². The predicted octanol–water partition coefficient (Wildman–Crippen LogP) is 0.0528. The first-order valence-electron chi connectivity index (χ1n) is 5.70. The Labute approximate surface area is 124 Å². The molecule has 2 rings (SSSR count). The van der Waals surface area contributed by atoms with E-state index in [0.29, 0.717) is 4.31 Å². The minimum atomic E-state index is -4.48. The van der Waals surface area contributed by atoms with Crippen molar-refractivity contribution in [3.8, 4) is 0 Å². The number of hydrogen-bond acceptors (Lipinski definition) is 4. The topological polar surface area (TPSA) is 104 Å². The van der Waals surface area contributed by atoms with Crippen LogP contribution in [0.3, 0.4) is 0 Å². The van der Waals surface area contributed by atoms with Crippen LogP contribution in [0.2, 0.25) is 5.02 Å². The number of carbonyl (C=O) groups is 2. The summed E-state index contributed by atoms with van der Waals surface area (Å²) in [5, 5.41) is 11.3. The Hall–Kier alpha value is -1.71. The van der Waals surface area contributed by atoms with Crippen LogP contribution in [0.25, 0.3) is 0 Å². The number of amides is 1. The van der Waals surface area contributed by atoms with Crippen LogP contribution in [0.5, 0.6) is 0 Å². The van der Waals surface area contributed by atoms with Crippen LogP contribution in [0.4, 0.5) is 4.39 Å². The Bertz CT molecular complexity index is 709. The van der Waals surface area contributed by atoms with Gasteiger partial charge in [-0.3, -0.25) is 9.59 Å². The molecule has 1 fully saturated rings. The van der Waals surface area contributed by atoms with Gasteiger partial charge in [0, 0.05) is 11.6 Å². The molecule has 0 spiro atoms. The fraction of sp³-hybridized carbons (Fsp3) is 0.273. The maximum absolute atomic E-state index is 13.8. The van der Waals surface area contributed by atoms with Crippen molar-refractivity contribution in [2.75, 3.05) is 13.1 Å². The first-order chi connectivity index (χ1) is 9.73. The van der Waals surface area contributed by atoms with E-state index in [0.717, 1.165) is 18.2 Å². The van der Waals surface area contributed by atoms with E-state index in [-0.39, 0.29) is 11.6 Å². The van der Waals surface area contributed by atoms with E-state index in [1.165, 1.54) is 0 Å². The lowest BCUT2D eigenvalue weighted by Crippen LogP contribution is -2.59. The molecule has 0 bridgehead atoms. The molecule has 0 saturated carbocycles. The lowest BCUT2D eigenvalue weighted by atomic mass is 10.2. The van der Waals surface area contributed by atoms with Gasteiger partial charge >= 0.3 is 5.97 Å². The highest BCUT2D eigenvalue weighted by atomic mass is 35.5. The highest BCUT2D eigenvalue weighted by Crippen LogP contribution is 2.24. The molecule has 2 N–H and O–H groups in total. The van der Waals surface area contributed by atoms with Gasteiger partial charge in [0.05, 0.1) is 6.54 Å². The smallest absolute Gasteiger partial charge is 0.323 e.